The normalized spacial score (nSPS) is 32.1. The first-order valence-electron chi connectivity index (χ1n) is 7.49. The van der Waals surface area contributed by atoms with Crippen LogP contribution < -0.4 is 0 Å². The second-order valence-corrected chi connectivity index (χ2v) is 6.84. The molecule has 0 bridgehead atoms. The summed E-state index contributed by atoms with van der Waals surface area (Å²) in [6, 6.07) is 10.0. The van der Waals surface area contributed by atoms with Crippen molar-refractivity contribution in [1.82, 2.24) is 0 Å². The first-order valence-corrected chi connectivity index (χ1v) is 7.49. The molecule has 2 aliphatic rings. The zero-order chi connectivity index (χ0) is 13.9. The van der Waals surface area contributed by atoms with Crippen molar-refractivity contribution in [2.75, 3.05) is 0 Å². The van der Waals surface area contributed by atoms with E-state index in [0.29, 0.717) is 11.7 Å². The molecule has 2 unspecified atom stereocenters. The Kier molecular flexibility index (Phi) is 2.43. The predicted octanol–water partition coefficient (Wildman–Crippen LogP) is 3.74. The molecular formula is C18H20O2. The second kappa shape index (κ2) is 3.98. The van der Waals surface area contributed by atoms with Crippen LogP contribution in [0.4, 0.5) is 0 Å². The van der Waals surface area contributed by atoms with E-state index >= 15 is 0 Å². The quantitative estimate of drug-likeness (QED) is 0.764. The fourth-order valence-electron chi connectivity index (χ4n) is 4.50. The molecule has 20 heavy (non-hydrogen) atoms. The van der Waals surface area contributed by atoms with Crippen molar-refractivity contribution in [3.8, 4) is 5.75 Å². The smallest absolute Gasteiger partial charge is 0.116 e. The van der Waals surface area contributed by atoms with Gasteiger partial charge in [0.15, 0.2) is 0 Å². The molecule has 0 aliphatic heterocycles. The lowest BCUT2D eigenvalue weighted by Crippen LogP contribution is -2.26. The molecule has 0 saturated heterocycles. The summed E-state index contributed by atoms with van der Waals surface area (Å²) in [5.41, 5.74) is 3.03. The SMILES string of the molecule is CC12CCc3c(ccc4ccc(O)cc34)C1C[C@@H](O)C2. The van der Waals surface area contributed by atoms with Gasteiger partial charge in [-0.05, 0) is 71.0 Å². The van der Waals surface area contributed by atoms with Crippen LogP contribution in [-0.2, 0) is 6.42 Å². The zero-order valence-electron chi connectivity index (χ0n) is 11.8. The maximum Gasteiger partial charge on any atom is 0.116 e. The highest BCUT2D eigenvalue weighted by Crippen LogP contribution is 2.56. The highest BCUT2D eigenvalue weighted by Gasteiger charge is 2.46. The molecule has 2 N–H and O–H groups in total. The van der Waals surface area contributed by atoms with E-state index in [4.69, 9.17) is 0 Å². The van der Waals surface area contributed by atoms with E-state index in [1.807, 2.05) is 12.1 Å². The van der Waals surface area contributed by atoms with Crippen molar-refractivity contribution >= 4 is 10.8 Å². The Morgan fingerprint density at radius 2 is 2.00 bits per heavy atom. The van der Waals surface area contributed by atoms with Crippen LogP contribution in [0.25, 0.3) is 10.8 Å². The van der Waals surface area contributed by atoms with Gasteiger partial charge >= 0.3 is 0 Å². The number of phenols is 1. The second-order valence-electron chi connectivity index (χ2n) is 6.84. The standard InChI is InChI=1S/C18H20O2/c1-18-7-6-14-15(17(18)9-13(20)10-18)5-3-11-2-4-12(19)8-16(11)14/h2-5,8,13,17,19-20H,6-7,9-10H2,1H3/t13-,17?,18?/m1/s1. The third kappa shape index (κ3) is 1.61. The van der Waals surface area contributed by atoms with Crippen LogP contribution in [0, 0.1) is 5.41 Å². The number of fused-ring (bicyclic) bond motifs is 5. The number of aliphatic hydroxyl groups excluding tert-OH is 1. The van der Waals surface area contributed by atoms with Gasteiger partial charge in [0.2, 0.25) is 0 Å². The van der Waals surface area contributed by atoms with Crippen molar-refractivity contribution in [2.45, 2.75) is 44.6 Å². The highest BCUT2D eigenvalue weighted by atomic mass is 16.3. The molecule has 3 atom stereocenters. The minimum atomic E-state index is -0.157. The number of aryl methyl sites for hydroxylation is 1. The first kappa shape index (κ1) is 12.2. The van der Waals surface area contributed by atoms with Gasteiger partial charge in [-0.15, -0.1) is 0 Å². The monoisotopic (exact) mass is 268 g/mol. The van der Waals surface area contributed by atoms with Gasteiger partial charge < -0.3 is 10.2 Å². The van der Waals surface area contributed by atoms with E-state index in [0.717, 1.165) is 25.7 Å². The number of hydrogen-bond acceptors (Lipinski definition) is 2. The van der Waals surface area contributed by atoms with Crippen molar-refractivity contribution in [1.29, 1.82) is 0 Å². The summed E-state index contributed by atoms with van der Waals surface area (Å²) in [4.78, 5) is 0. The zero-order valence-corrected chi connectivity index (χ0v) is 11.8. The van der Waals surface area contributed by atoms with Crippen LogP contribution in [0.15, 0.2) is 30.3 Å². The van der Waals surface area contributed by atoms with E-state index in [1.165, 1.54) is 21.9 Å². The Morgan fingerprint density at radius 3 is 2.85 bits per heavy atom. The largest absolute Gasteiger partial charge is 0.508 e. The van der Waals surface area contributed by atoms with Crippen molar-refractivity contribution < 1.29 is 10.2 Å². The van der Waals surface area contributed by atoms with Gasteiger partial charge in [0.25, 0.3) is 0 Å². The molecule has 2 heteroatoms. The number of phenolic OH excluding ortho intramolecular Hbond substituents is 1. The van der Waals surface area contributed by atoms with E-state index < -0.39 is 0 Å². The Labute approximate surface area is 119 Å². The summed E-state index contributed by atoms with van der Waals surface area (Å²) in [7, 11) is 0. The van der Waals surface area contributed by atoms with Crippen LogP contribution in [0.1, 0.15) is 43.2 Å². The summed E-state index contributed by atoms with van der Waals surface area (Å²) >= 11 is 0. The minimum absolute atomic E-state index is 0.157. The van der Waals surface area contributed by atoms with Crippen LogP contribution in [-0.4, -0.2) is 16.3 Å². The molecule has 0 aromatic heterocycles. The Balaban J connectivity index is 1.94. The average molecular weight is 268 g/mol. The number of rotatable bonds is 0. The first-order chi connectivity index (χ1) is 9.57. The lowest BCUT2D eigenvalue weighted by Gasteiger charge is -2.38. The van der Waals surface area contributed by atoms with Crippen LogP contribution in [0.3, 0.4) is 0 Å². The fourth-order valence-corrected chi connectivity index (χ4v) is 4.50. The van der Waals surface area contributed by atoms with Crippen LogP contribution >= 0.6 is 0 Å². The molecule has 0 amide bonds. The summed E-state index contributed by atoms with van der Waals surface area (Å²) in [6.45, 7) is 2.32. The number of benzene rings is 2. The summed E-state index contributed by atoms with van der Waals surface area (Å²) in [5.74, 6) is 0.804. The number of aliphatic hydroxyl groups is 1. The lowest BCUT2D eigenvalue weighted by atomic mass is 9.66. The van der Waals surface area contributed by atoms with Crippen LogP contribution in [0.5, 0.6) is 5.75 Å². The molecular weight excluding hydrogens is 248 g/mol. The van der Waals surface area contributed by atoms with Crippen molar-refractivity contribution in [2.24, 2.45) is 5.41 Å². The Hall–Kier alpha value is -1.54. The molecule has 1 fully saturated rings. The summed E-state index contributed by atoms with van der Waals surface area (Å²) in [5, 5.41) is 22.2. The third-order valence-electron chi connectivity index (χ3n) is 5.53. The molecule has 1 saturated carbocycles. The van der Waals surface area contributed by atoms with E-state index in [1.54, 1.807) is 6.07 Å². The van der Waals surface area contributed by atoms with E-state index in [2.05, 4.69) is 19.1 Å². The number of aromatic hydroxyl groups is 1. The molecule has 0 heterocycles. The maximum atomic E-state index is 10.1. The Bertz CT molecular complexity index is 691. The predicted molar refractivity (Wildman–Crippen MR) is 80.0 cm³/mol. The van der Waals surface area contributed by atoms with E-state index in [9.17, 15) is 10.2 Å². The molecule has 2 aromatic carbocycles. The molecule has 104 valence electrons. The molecule has 2 aliphatic carbocycles. The van der Waals surface area contributed by atoms with Crippen molar-refractivity contribution in [3.63, 3.8) is 0 Å². The average Bonchev–Trinajstić information content (AvgIpc) is 2.72. The van der Waals surface area contributed by atoms with Gasteiger partial charge in [-0.1, -0.05) is 25.1 Å². The number of hydrogen-bond donors (Lipinski definition) is 2. The van der Waals surface area contributed by atoms with Gasteiger partial charge in [-0.2, -0.15) is 0 Å². The van der Waals surface area contributed by atoms with Gasteiger partial charge in [0, 0.05) is 0 Å². The molecule has 2 aromatic rings. The molecule has 0 spiro atoms. The van der Waals surface area contributed by atoms with Gasteiger partial charge in [-0.25, -0.2) is 0 Å². The van der Waals surface area contributed by atoms with E-state index in [-0.39, 0.29) is 11.5 Å². The molecule has 0 radical (unpaired) electrons. The summed E-state index contributed by atoms with van der Waals surface area (Å²) in [6.07, 6.45) is 3.84. The highest BCUT2D eigenvalue weighted by molar-refractivity contribution is 5.88. The van der Waals surface area contributed by atoms with Gasteiger partial charge in [-0.3, -0.25) is 0 Å². The fraction of sp³-hybridized carbons (Fsp3) is 0.444. The van der Waals surface area contributed by atoms with Gasteiger partial charge in [0.05, 0.1) is 6.10 Å². The topological polar surface area (TPSA) is 40.5 Å². The third-order valence-corrected chi connectivity index (χ3v) is 5.53. The summed E-state index contributed by atoms with van der Waals surface area (Å²) < 4.78 is 0. The minimum Gasteiger partial charge on any atom is -0.508 e. The van der Waals surface area contributed by atoms with Gasteiger partial charge in [0.1, 0.15) is 5.75 Å². The van der Waals surface area contributed by atoms with Crippen molar-refractivity contribution in [3.05, 3.63) is 41.5 Å². The molecule has 4 rings (SSSR count). The molecule has 2 nitrogen and oxygen atoms in total. The Morgan fingerprint density at radius 1 is 1.20 bits per heavy atom. The lowest BCUT2D eigenvalue weighted by molar-refractivity contribution is 0.159. The van der Waals surface area contributed by atoms with Crippen LogP contribution in [0.2, 0.25) is 0 Å². The maximum absolute atomic E-state index is 10.1.